The molecule has 0 saturated carbocycles. The molecule has 2 aromatic rings. The van der Waals surface area contributed by atoms with Gasteiger partial charge in [0.05, 0.1) is 17.7 Å². The highest BCUT2D eigenvalue weighted by atomic mass is 32.2. The van der Waals surface area contributed by atoms with Gasteiger partial charge in [-0.05, 0) is 49.9 Å². The Balaban J connectivity index is 1.27. The number of ether oxygens (including phenoxy) is 1. The van der Waals surface area contributed by atoms with Crippen LogP contribution in [0.25, 0.3) is 0 Å². The fourth-order valence-corrected chi connectivity index (χ4v) is 6.09. The molecule has 168 valence electrons. The molecule has 2 aliphatic rings. The quantitative estimate of drug-likeness (QED) is 0.686. The number of anilines is 1. The number of rotatable bonds is 6. The first-order valence-electron chi connectivity index (χ1n) is 11.1. The van der Waals surface area contributed by atoms with Gasteiger partial charge in [-0.15, -0.1) is 0 Å². The second kappa shape index (κ2) is 9.59. The van der Waals surface area contributed by atoms with E-state index in [0.717, 1.165) is 56.9 Å². The van der Waals surface area contributed by atoms with Crippen LogP contribution in [-0.4, -0.2) is 70.5 Å². The van der Waals surface area contributed by atoms with E-state index in [4.69, 9.17) is 4.74 Å². The third-order valence-corrected chi connectivity index (χ3v) is 8.46. The largest absolute Gasteiger partial charge is 0.495 e. The van der Waals surface area contributed by atoms with Gasteiger partial charge in [-0.2, -0.15) is 4.31 Å². The maximum atomic E-state index is 12.9. The molecule has 0 aromatic heterocycles. The topological polar surface area (TPSA) is 53.1 Å². The van der Waals surface area contributed by atoms with Gasteiger partial charge in [-0.3, -0.25) is 4.90 Å². The lowest BCUT2D eigenvalue weighted by Gasteiger charge is -2.39. The van der Waals surface area contributed by atoms with Crippen molar-refractivity contribution in [2.24, 2.45) is 5.92 Å². The van der Waals surface area contributed by atoms with Crippen LogP contribution in [0.15, 0.2) is 53.4 Å². The van der Waals surface area contributed by atoms with Crippen molar-refractivity contribution >= 4 is 15.7 Å². The Morgan fingerprint density at radius 2 is 1.55 bits per heavy atom. The van der Waals surface area contributed by atoms with E-state index in [9.17, 15) is 8.42 Å². The normalized spacial score (nSPS) is 19.5. The second-order valence-electron chi connectivity index (χ2n) is 8.62. The summed E-state index contributed by atoms with van der Waals surface area (Å²) in [5, 5.41) is 0. The molecule has 6 nitrogen and oxygen atoms in total. The predicted octanol–water partition coefficient (Wildman–Crippen LogP) is 3.23. The Kier molecular flexibility index (Phi) is 6.84. The lowest BCUT2D eigenvalue weighted by Crippen LogP contribution is -2.49. The first-order valence-corrected chi connectivity index (χ1v) is 12.6. The summed E-state index contributed by atoms with van der Waals surface area (Å²) in [5.41, 5.74) is 2.24. The number of hydrogen-bond donors (Lipinski definition) is 0. The van der Waals surface area contributed by atoms with E-state index in [0.29, 0.717) is 23.9 Å². The van der Waals surface area contributed by atoms with E-state index in [2.05, 4.69) is 21.9 Å². The minimum atomic E-state index is -3.38. The molecule has 0 amide bonds. The van der Waals surface area contributed by atoms with Crippen LogP contribution in [0, 0.1) is 12.8 Å². The SMILES string of the molecule is COc1ccccc1N1CCN(CC2CCN(S(=O)(=O)c3ccc(C)cc3)CC2)CC1. The maximum absolute atomic E-state index is 12.9. The molecule has 4 rings (SSSR count). The molecule has 2 fully saturated rings. The molecule has 0 bridgehead atoms. The third kappa shape index (κ3) is 5.05. The zero-order chi connectivity index (χ0) is 21.8. The molecule has 0 spiro atoms. The fourth-order valence-electron chi connectivity index (χ4n) is 4.62. The lowest BCUT2D eigenvalue weighted by atomic mass is 9.97. The Morgan fingerprint density at radius 3 is 2.19 bits per heavy atom. The number of methoxy groups -OCH3 is 1. The zero-order valence-electron chi connectivity index (χ0n) is 18.5. The van der Waals surface area contributed by atoms with Crippen molar-refractivity contribution in [3.63, 3.8) is 0 Å². The number of nitrogens with zero attached hydrogens (tertiary/aromatic N) is 3. The van der Waals surface area contributed by atoms with Crippen LogP contribution in [0.2, 0.25) is 0 Å². The molecule has 0 radical (unpaired) electrons. The number of benzene rings is 2. The van der Waals surface area contributed by atoms with Crippen LogP contribution >= 0.6 is 0 Å². The van der Waals surface area contributed by atoms with E-state index in [1.807, 2.05) is 31.2 Å². The van der Waals surface area contributed by atoms with Crippen LogP contribution < -0.4 is 9.64 Å². The molecule has 2 aliphatic heterocycles. The second-order valence-corrected chi connectivity index (χ2v) is 10.6. The number of hydrogen-bond acceptors (Lipinski definition) is 5. The van der Waals surface area contributed by atoms with Crippen molar-refractivity contribution in [2.45, 2.75) is 24.7 Å². The Morgan fingerprint density at radius 1 is 0.903 bits per heavy atom. The highest BCUT2D eigenvalue weighted by Crippen LogP contribution is 2.29. The average molecular weight is 444 g/mol. The average Bonchev–Trinajstić information content (AvgIpc) is 2.80. The van der Waals surface area contributed by atoms with Gasteiger partial charge in [0, 0.05) is 45.8 Å². The van der Waals surface area contributed by atoms with E-state index in [1.165, 1.54) is 5.69 Å². The molecule has 2 aromatic carbocycles. The van der Waals surface area contributed by atoms with Gasteiger partial charge >= 0.3 is 0 Å². The zero-order valence-corrected chi connectivity index (χ0v) is 19.4. The standard InChI is InChI=1S/C24H33N3O3S/c1-20-7-9-22(10-8-20)31(28,29)27-13-11-21(12-14-27)19-25-15-17-26(18-16-25)23-5-3-4-6-24(23)30-2/h3-10,21H,11-19H2,1-2H3. The summed E-state index contributed by atoms with van der Waals surface area (Å²) < 4.78 is 33.0. The van der Waals surface area contributed by atoms with Gasteiger partial charge in [0.1, 0.15) is 5.75 Å². The Hall–Kier alpha value is -2.09. The lowest BCUT2D eigenvalue weighted by molar-refractivity contribution is 0.175. The van der Waals surface area contributed by atoms with Gasteiger partial charge in [0.2, 0.25) is 10.0 Å². The summed E-state index contributed by atoms with van der Waals surface area (Å²) in [4.78, 5) is 5.33. The van der Waals surface area contributed by atoms with E-state index < -0.39 is 10.0 Å². The minimum Gasteiger partial charge on any atom is -0.495 e. The van der Waals surface area contributed by atoms with Crippen LogP contribution in [0.4, 0.5) is 5.69 Å². The molecular formula is C24H33N3O3S. The number of piperidine rings is 1. The number of sulfonamides is 1. The molecule has 0 unspecified atom stereocenters. The summed E-state index contributed by atoms with van der Waals surface area (Å²) in [7, 11) is -1.66. The third-order valence-electron chi connectivity index (χ3n) is 6.55. The van der Waals surface area contributed by atoms with Crippen LogP contribution in [-0.2, 0) is 10.0 Å². The van der Waals surface area contributed by atoms with E-state index in [1.54, 1.807) is 23.5 Å². The molecule has 2 heterocycles. The molecule has 2 saturated heterocycles. The van der Waals surface area contributed by atoms with Crippen molar-refractivity contribution in [2.75, 3.05) is 57.8 Å². The summed E-state index contributed by atoms with van der Waals surface area (Å²) in [6.07, 6.45) is 1.86. The van der Waals surface area contributed by atoms with E-state index >= 15 is 0 Å². The van der Waals surface area contributed by atoms with Crippen molar-refractivity contribution in [1.29, 1.82) is 0 Å². The molecule has 7 heteroatoms. The van der Waals surface area contributed by atoms with Crippen molar-refractivity contribution in [1.82, 2.24) is 9.21 Å². The van der Waals surface area contributed by atoms with Gasteiger partial charge in [-0.1, -0.05) is 29.8 Å². The van der Waals surface area contributed by atoms with Gasteiger partial charge < -0.3 is 9.64 Å². The van der Waals surface area contributed by atoms with Crippen molar-refractivity contribution in [3.05, 3.63) is 54.1 Å². The molecule has 31 heavy (non-hydrogen) atoms. The first kappa shape index (κ1) is 22.1. The Labute approximate surface area is 186 Å². The van der Waals surface area contributed by atoms with Crippen LogP contribution in [0.1, 0.15) is 18.4 Å². The van der Waals surface area contributed by atoms with Gasteiger partial charge in [0.25, 0.3) is 0 Å². The van der Waals surface area contributed by atoms with Crippen LogP contribution in [0.3, 0.4) is 0 Å². The highest BCUT2D eigenvalue weighted by molar-refractivity contribution is 7.89. The Bertz CT molecular complexity index is 962. The summed E-state index contributed by atoms with van der Waals surface area (Å²) in [5.74, 6) is 1.49. The number of piperazine rings is 1. The van der Waals surface area contributed by atoms with Gasteiger partial charge in [0.15, 0.2) is 0 Å². The number of para-hydroxylation sites is 2. The molecule has 0 N–H and O–H groups in total. The van der Waals surface area contributed by atoms with Gasteiger partial charge in [-0.25, -0.2) is 8.42 Å². The van der Waals surface area contributed by atoms with Crippen molar-refractivity contribution in [3.8, 4) is 5.75 Å². The van der Waals surface area contributed by atoms with Crippen molar-refractivity contribution < 1.29 is 13.2 Å². The van der Waals surface area contributed by atoms with E-state index in [-0.39, 0.29) is 0 Å². The predicted molar refractivity (Wildman–Crippen MR) is 124 cm³/mol. The summed E-state index contributed by atoms with van der Waals surface area (Å²) in [6, 6.07) is 15.4. The highest BCUT2D eigenvalue weighted by Gasteiger charge is 2.30. The number of aryl methyl sites for hydroxylation is 1. The molecular weight excluding hydrogens is 410 g/mol. The minimum absolute atomic E-state index is 0.406. The summed E-state index contributed by atoms with van der Waals surface area (Å²) in [6.45, 7) is 8.28. The monoisotopic (exact) mass is 443 g/mol. The smallest absolute Gasteiger partial charge is 0.243 e. The molecule has 0 atom stereocenters. The maximum Gasteiger partial charge on any atom is 0.243 e. The summed E-state index contributed by atoms with van der Waals surface area (Å²) >= 11 is 0. The van der Waals surface area contributed by atoms with Crippen LogP contribution in [0.5, 0.6) is 5.75 Å². The molecule has 0 aliphatic carbocycles. The first-order chi connectivity index (χ1) is 15.0. The fraction of sp³-hybridized carbons (Fsp3) is 0.500.